The lowest BCUT2D eigenvalue weighted by molar-refractivity contribution is 0.649. The molecule has 4 N–H and O–H groups in total. The van der Waals surface area contributed by atoms with Crippen molar-refractivity contribution in [1.82, 2.24) is 0 Å². The van der Waals surface area contributed by atoms with Crippen LogP contribution in [0.25, 0.3) is 0 Å². The predicted octanol–water partition coefficient (Wildman–Crippen LogP) is 5.38. The van der Waals surface area contributed by atoms with Gasteiger partial charge in [0.1, 0.15) is 0 Å². The van der Waals surface area contributed by atoms with E-state index in [-0.39, 0.29) is 9.49 Å². The molecule has 0 saturated heterocycles. The number of anilines is 2. The molecule has 2 aromatic rings. The van der Waals surface area contributed by atoms with Gasteiger partial charge in [0.15, 0.2) is 0 Å². The van der Waals surface area contributed by atoms with Crippen molar-refractivity contribution in [2.45, 2.75) is 33.1 Å². The van der Waals surface area contributed by atoms with Crippen LogP contribution in [-0.4, -0.2) is 9.49 Å². The summed E-state index contributed by atoms with van der Waals surface area (Å²) in [6, 6.07) is 16.1. The topological polar surface area (TPSA) is 52.0 Å². The summed E-state index contributed by atoms with van der Waals surface area (Å²) >= 11 is 3.60. The van der Waals surface area contributed by atoms with Crippen LogP contribution in [0, 0.1) is 0 Å². The third kappa shape index (κ3) is 3.21. The van der Waals surface area contributed by atoms with Crippen LogP contribution in [0.15, 0.2) is 82.6 Å². The van der Waals surface area contributed by atoms with Gasteiger partial charge >= 0.3 is 0 Å². The SMILES string of the molecule is CC1(Sc2ccccc2N)C=CC=CC1(C)Sc1ccccc1N. The highest BCUT2D eigenvalue weighted by Gasteiger charge is 2.44. The Morgan fingerprint density at radius 3 is 1.42 bits per heavy atom. The molecule has 0 bridgehead atoms. The smallest absolute Gasteiger partial charge is 0.0544 e. The number of benzene rings is 2. The molecule has 2 atom stereocenters. The maximum atomic E-state index is 6.17. The molecule has 1 aliphatic carbocycles. The third-order valence-corrected chi connectivity index (χ3v) is 7.69. The molecule has 124 valence electrons. The second-order valence-electron chi connectivity index (χ2n) is 6.21. The Labute approximate surface area is 152 Å². The summed E-state index contributed by atoms with van der Waals surface area (Å²) in [6.07, 6.45) is 8.75. The minimum atomic E-state index is -0.149. The molecule has 0 aromatic heterocycles. The first kappa shape index (κ1) is 17.1. The molecule has 2 unspecified atom stereocenters. The molecule has 24 heavy (non-hydrogen) atoms. The van der Waals surface area contributed by atoms with Crippen molar-refractivity contribution in [3.8, 4) is 0 Å². The first-order valence-corrected chi connectivity index (χ1v) is 9.51. The number of thioether (sulfide) groups is 2. The van der Waals surface area contributed by atoms with Crippen LogP contribution in [0.5, 0.6) is 0 Å². The van der Waals surface area contributed by atoms with Crippen LogP contribution in [0.4, 0.5) is 11.4 Å². The zero-order chi connectivity index (χ0) is 17.2. The fourth-order valence-electron chi connectivity index (χ4n) is 2.68. The maximum absolute atomic E-state index is 6.17. The van der Waals surface area contributed by atoms with E-state index in [9.17, 15) is 0 Å². The highest BCUT2D eigenvalue weighted by molar-refractivity contribution is 8.05. The number of para-hydroxylation sites is 2. The summed E-state index contributed by atoms with van der Waals surface area (Å²) in [5.41, 5.74) is 14.0. The quantitative estimate of drug-likeness (QED) is 0.724. The number of hydrogen-bond acceptors (Lipinski definition) is 4. The van der Waals surface area contributed by atoms with E-state index in [4.69, 9.17) is 11.5 Å². The molecular formula is C20H22N2S2. The van der Waals surface area contributed by atoms with E-state index in [0.717, 1.165) is 21.2 Å². The Morgan fingerprint density at radius 2 is 1.04 bits per heavy atom. The first-order chi connectivity index (χ1) is 11.4. The summed E-state index contributed by atoms with van der Waals surface area (Å²) in [5, 5.41) is 0. The van der Waals surface area contributed by atoms with E-state index in [1.54, 1.807) is 23.5 Å². The molecule has 2 nitrogen and oxygen atoms in total. The molecule has 1 aliphatic rings. The number of rotatable bonds is 4. The van der Waals surface area contributed by atoms with Gasteiger partial charge in [-0.3, -0.25) is 0 Å². The molecule has 4 heteroatoms. The van der Waals surface area contributed by atoms with Crippen LogP contribution < -0.4 is 11.5 Å². The molecule has 2 aromatic carbocycles. The van der Waals surface area contributed by atoms with Gasteiger partial charge in [0, 0.05) is 21.2 Å². The molecule has 3 rings (SSSR count). The van der Waals surface area contributed by atoms with Crippen LogP contribution in [0.3, 0.4) is 0 Å². The van der Waals surface area contributed by atoms with Crippen LogP contribution in [0.2, 0.25) is 0 Å². The summed E-state index contributed by atoms with van der Waals surface area (Å²) in [5.74, 6) is 0. The average molecular weight is 355 g/mol. The lowest BCUT2D eigenvalue weighted by Gasteiger charge is -2.43. The van der Waals surface area contributed by atoms with Crippen LogP contribution in [0.1, 0.15) is 13.8 Å². The van der Waals surface area contributed by atoms with Crippen LogP contribution >= 0.6 is 23.5 Å². The van der Waals surface area contributed by atoms with E-state index in [2.05, 4.69) is 50.3 Å². The fourth-order valence-corrected chi connectivity index (χ4v) is 5.35. The molecule has 0 fully saturated rings. The van der Waals surface area contributed by atoms with E-state index >= 15 is 0 Å². The highest BCUT2D eigenvalue weighted by atomic mass is 32.2. The van der Waals surface area contributed by atoms with Gasteiger partial charge < -0.3 is 11.5 Å². The van der Waals surface area contributed by atoms with Crippen molar-refractivity contribution in [1.29, 1.82) is 0 Å². The Morgan fingerprint density at radius 1 is 0.667 bits per heavy atom. The van der Waals surface area contributed by atoms with Gasteiger partial charge in [-0.2, -0.15) is 0 Å². The normalized spacial score (nSPS) is 25.8. The number of hydrogen-bond donors (Lipinski definition) is 2. The molecule has 0 heterocycles. The van der Waals surface area contributed by atoms with Gasteiger partial charge in [-0.15, -0.1) is 23.5 Å². The van der Waals surface area contributed by atoms with E-state index < -0.39 is 0 Å². The fraction of sp³-hybridized carbons (Fsp3) is 0.200. The highest BCUT2D eigenvalue weighted by Crippen LogP contribution is 2.54. The van der Waals surface area contributed by atoms with E-state index in [1.165, 1.54) is 0 Å². The standard InChI is InChI=1S/C20H22N2S2/c1-19(23-17-11-5-3-9-15(17)21)13-7-8-14-20(19,2)24-18-12-6-4-10-16(18)22/h3-14H,21-22H2,1-2H3. The predicted molar refractivity (Wildman–Crippen MR) is 109 cm³/mol. The molecule has 0 radical (unpaired) electrons. The molecule has 0 aliphatic heterocycles. The molecule has 0 spiro atoms. The van der Waals surface area contributed by atoms with Crippen LogP contribution in [-0.2, 0) is 0 Å². The van der Waals surface area contributed by atoms with Gasteiger partial charge in [0.2, 0.25) is 0 Å². The van der Waals surface area contributed by atoms with Gasteiger partial charge in [0.25, 0.3) is 0 Å². The Balaban J connectivity index is 1.95. The summed E-state index contributed by atoms with van der Waals surface area (Å²) < 4.78 is -0.297. The maximum Gasteiger partial charge on any atom is 0.0544 e. The Hall–Kier alpha value is -1.78. The zero-order valence-electron chi connectivity index (χ0n) is 13.9. The zero-order valence-corrected chi connectivity index (χ0v) is 15.5. The van der Waals surface area contributed by atoms with Crippen molar-refractivity contribution in [2.75, 3.05) is 11.5 Å². The van der Waals surface area contributed by atoms with Gasteiger partial charge in [-0.25, -0.2) is 0 Å². The van der Waals surface area contributed by atoms with Crippen molar-refractivity contribution in [3.05, 3.63) is 72.8 Å². The number of allylic oxidation sites excluding steroid dienone is 2. The third-order valence-electron chi connectivity index (χ3n) is 4.41. The molecule has 0 saturated carbocycles. The molecule has 0 amide bonds. The minimum Gasteiger partial charge on any atom is -0.398 e. The van der Waals surface area contributed by atoms with Gasteiger partial charge in [-0.1, -0.05) is 48.6 Å². The monoisotopic (exact) mass is 354 g/mol. The van der Waals surface area contributed by atoms with Crippen molar-refractivity contribution >= 4 is 34.9 Å². The van der Waals surface area contributed by atoms with E-state index in [0.29, 0.717) is 0 Å². The summed E-state index contributed by atoms with van der Waals surface area (Å²) in [4.78, 5) is 2.21. The first-order valence-electron chi connectivity index (χ1n) is 7.88. The second kappa shape index (κ2) is 6.61. The van der Waals surface area contributed by atoms with Crippen molar-refractivity contribution in [3.63, 3.8) is 0 Å². The largest absolute Gasteiger partial charge is 0.398 e. The second-order valence-corrected chi connectivity index (χ2v) is 9.20. The summed E-state index contributed by atoms with van der Waals surface area (Å²) in [7, 11) is 0. The average Bonchev–Trinajstić information content (AvgIpc) is 2.55. The van der Waals surface area contributed by atoms with Gasteiger partial charge in [0.05, 0.1) is 9.49 Å². The number of nitrogen functional groups attached to an aromatic ring is 2. The van der Waals surface area contributed by atoms with Gasteiger partial charge in [-0.05, 0) is 38.1 Å². The van der Waals surface area contributed by atoms with Crippen molar-refractivity contribution in [2.24, 2.45) is 0 Å². The lowest BCUT2D eigenvalue weighted by atomic mass is 9.89. The minimum absolute atomic E-state index is 0.149. The van der Waals surface area contributed by atoms with E-state index in [1.807, 2.05) is 36.4 Å². The Bertz CT molecular complexity index is 732. The summed E-state index contributed by atoms with van der Waals surface area (Å²) in [6.45, 7) is 4.52. The Kier molecular flexibility index (Phi) is 4.70. The lowest BCUT2D eigenvalue weighted by Crippen LogP contribution is -2.42. The van der Waals surface area contributed by atoms with Crippen molar-refractivity contribution < 1.29 is 0 Å². The molecular weight excluding hydrogens is 332 g/mol. The number of nitrogens with two attached hydrogens (primary N) is 2.